The number of carbonyl (C=O) groups excluding carboxylic acids is 1. The van der Waals surface area contributed by atoms with Crippen molar-refractivity contribution in [3.8, 4) is 11.8 Å². The lowest BCUT2D eigenvalue weighted by Crippen LogP contribution is -2.39. The smallest absolute Gasteiger partial charge is 0.362 e. The summed E-state index contributed by atoms with van der Waals surface area (Å²) in [6.07, 6.45) is 9.33. The number of alkyl halides is 3. The average molecular weight is 544 g/mol. The van der Waals surface area contributed by atoms with E-state index in [1.54, 1.807) is 16.9 Å². The van der Waals surface area contributed by atoms with E-state index >= 15 is 0 Å². The molecule has 6 rings (SSSR count). The average Bonchev–Trinajstić information content (AvgIpc) is 3.69. The molecule has 4 heterocycles. The van der Waals surface area contributed by atoms with Crippen LogP contribution >= 0.6 is 11.8 Å². The largest absolute Gasteiger partial charge is 0.447 e. The summed E-state index contributed by atoms with van der Waals surface area (Å²) in [5, 5.41) is 10.5. The fourth-order valence-corrected chi connectivity index (χ4v) is 6.29. The number of piperidine rings is 1. The second-order valence-corrected chi connectivity index (χ2v) is 11.5. The van der Waals surface area contributed by atoms with Gasteiger partial charge in [0.25, 0.3) is 5.91 Å². The van der Waals surface area contributed by atoms with Crippen molar-refractivity contribution in [3.63, 3.8) is 0 Å². The number of aromatic nitrogens is 4. The van der Waals surface area contributed by atoms with Gasteiger partial charge in [-0.25, -0.2) is 4.98 Å². The van der Waals surface area contributed by atoms with Crippen LogP contribution in [0.3, 0.4) is 0 Å². The first-order valence-electron chi connectivity index (χ1n) is 12.7. The van der Waals surface area contributed by atoms with Crippen LogP contribution in [0.5, 0.6) is 0 Å². The van der Waals surface area contributed by atoms with E-state index in [0.717, 1.165) is 32.4 Å². The Morgan fingerprint density at radius 3 is 2.89 bits per heavy atom. The fourth-order valence-electron chi connectivity index (χ4n) is 5.59. The lowest BCUT2D eigenvalue weighted by atomic mass is 10.0. The molecule has 3 aromatic rings. The Bertz CT molecular complexity index is 1450. The molecule has 2 N–H and O–H groups in total. The fraction of sp³-hybridized carbons (Fsp3) is 0.500. The van der Waals surface area contributed by atoms with Crippen molar-refractivity contribution in [2.45, 2.75) is 48.3 Å². The van der Waals surface area contributed by atoms with Gasteiger partial charge in [0.15, 0.2) is 5.82 Å². The maximum absolute atomic E-state index is 13.5. The Morgan fingerprint density at radius 1 is 1.34 bits per heavy atom. The third kappa shape index (κ3) is 4.73. The van der Waals surface area contributed by atoms with E-state index in [1.807, 2.05) is 0 Å². The van der Waals surface area contributed by atoms with Gasteiger partial charge in [-0.2, -0.15) is 18.3 Å². The highest BCUT2D eigenvalue weighted by Crippen LogP contribution is 2.57. The van der Waals surface area contributed by atoms with Crippen LogP contribution in [0.25, 0.3) is 5.52 Å². The number of likely N-dealkylation sites (tertiary alicyclic amines) is 1. The minimum absolute atomic E-state index is 0.00502. The minimum Gasteiger partial charge on any atom is -0.362 e. The van der Waals surface area contributed by atoms with Crippen molar-refractivity contribution in [2.75, 3.05) is 32.0 Å². The van der Waals surface area contributed by atoms with Gasteiger partial charge in [0, 0.05) is 49.0 Å². The maximum Gasteiger partial charge on any atom is 0.447 e. The quantitative estimate of drug-likeness (QED) is 0.361. The zero-order valence-electron chi connectivity index (χ0n) is 21.0. The summed E-state index contributed by atoms with van der Waals surface area (Å²) in [5.41, 5.74) is -3.36. The van der Waals surface area contributed by atoms with Gasteiger partial charge in [-0.3, -0.25) is 9.48 Å². The lowest BCUT2D eigenvalue weighted by molar-refractivity contribution is -0.0329. The van der Waals surface area contributed by atoms with Gasteiger partial charge in [-0.15, -0.1) is 0 Å². The predicted molar refractivity (Wildman–Crippen MR) is 138 cm³/mol. The highest BCUT2D eigenvalue weighted by atomic mass is 32.2. The van der Waals surface area contributed by atoms with Gasteiger partial charge >= 0.3 is 5.51 Å². The molecular formula is C26H28F3N7OS. The van der Waals surface area contributed by atoms with E-state index in [1.165, 1.54) is 23.0 Å². The summed E-state index contributed by atoms with van der Waals surface area (Å²) in [5.74, 6) is 6.82. The normalized spacial score (nSPS) is 25.0. The molecule has 200 valence electrons. The number of anilines is 1. The molecule has 3 atom stereocenters. The van der Waals surface area contributed by atoms with Gasteiger partial charge in [0.2, 0.25) is 0 Å². The van der Waals surface area contributed by atoms with Crippen LogP contribution in [0.2, 0.25) is 0 Å². The SMILES string of the molecule is C[C@H]1[C@H]2CN(C)CC[C@]21Nc1nccn2c(SC(F)(F)F)c(C#CCNC(=O)c3cnn(C4CC4)c3)cc12. The number of amides is 1. The van der Waals surface area contributed by atoms with Gasteiger partial charge in [-0.1, -0.05) is 18.8 Å². The molecule has 1 saturated heterocycles. The zero-order chi connectivity index (χ0) is 26.7. The van der Waals surface area contributed by atoms with Crippen molar-refractivity contribution < 1.29 is 18.0 Å². The Kier molecular flexibility index (Phi) is 6.11. The summed E-state index contributed by atoms with van der Waals surface area (Å²) in [6.45, 7) is 4.14. The number of nitrogens with one attached hydrogen (secondary N) is 2. The molecule has 1 aliphatic heterocycles. The minimum atomic E-state index is -4.49. The van der Waals surface area contributed by atoms with Crippen LogP contribution in [0.4, 0.5) is 19.0 Å². The number of carbonyl (C=O) groups is 1. The molecule has 2 saturated carbocycles. The van der Waals surface area contributed by atoms with Gasteiger partial charge in [0.1, 0.15) is 5.03 Å². The Labute approximate surface area is 222 Å². The Balaban J connectivity index is 1.23. The summed E-state index contributed by atoms with van der Waals surface area (Å²) < 4.78 is 43.8. The number of halogens is 3. The van der Waals surface area contributed by atoms with Crippen molar-refractivity contribution in [2.24, 2.45) is 11.8 Å². The van der Waals surface area contributed by atoms with E-state index in [9.17, 15) is 18.0 Å². The number of rotatable bonds is 6. The van der Waals surface area contributed by atoms with E-state index in [2.05, 4.69) is 51.4 Å². The van der Waals surface area contributed by atoms with E-state index < -0.39 is 5.51 Å². The molecule has 0 bridgehead atoms. The van der Waals surface area contributed by atoms with Crippen LogP contribution in [0, 0.1) is 23.7 Å². The summed E-state index contributed by atoms with van der Waals surface area (Å²) in [7, 11) is 2.11. The molecule has 3 aliphatic rings. The highest BCUT2D eigenvalue weighted by Gasteiger charge is 2.63. The molecule has 0 spiro atoms. The van der Waals surface area contributed by atoms with Crippen LogP contribution < -0.4 is 10.6 Å². The number of thioether (sulfide) groups is 1. The third-order valence-electron chi connectivity index (χ3n) is 7.94. The number of hydrogen-bond acceptors (Lipinski definition) is 6. The van der Waals surface area contributed by atoms with Crippen molar-refractivity contribution in [1.29, 1.82) is 0 Å². The standard InChI is InChI=1S/C26H28F3N7OS/c1-16-20-15-34(2)10-7-25(16,20)33-22-21-12-17(24(38-26(27,28)29)35(21)11-9-30-22)4-3-8-31-23(37)18-13-32-36(14-18)19-5-6-19/h9,11-14,16,19-20H,5-8,10,15H2,1-2H3,(H,30,33)(H,31,37)/t16-,20+,25+/m0/s1. The molecule has 0 unspecified atom stereocenters. The van der Waals surface area contributed by atoms with Crippen molar-refractivity contribution in [1.82, 2.24) is 29.4 Å². The van der Waals surface area contributed by atoms with Gasteiger partial charge in [0.05, 0.1) is 35.4 Å². The predicted octanol–water partition coefficient (Wildman–Crippen LogP) is 4.01. The molecule has 0 radical (unpaired) electrons. The molecule has 3 fully saturated rings. The molecule has 38 heavy (non-hydrogen) atoms. The first kappa shape index (κ1) is 25.1. The zero-order valence-corrected chi connectivity index (χ0v) is 21.9. The van der Waals surface area contributed by atoms with E-state index in [4.69, 9.17) is 0 Å². The molecule has 1 amide bonds. The molecule has 3 aromatic heterocycles. The number of nitrogens with zero attached hydrogens (tertiary/aromatic N) is 5. The molecule has 0 aromatic carbocycles. The second-order valence-electron chi connectivity index (χ2n) is 10.4. The monoisotopic (exact) mass is 543 g/mol. The third-order valence-corrected chi connectivity index (χ3v) is 8.79. The first-order valence-corrected chi connectivity index (χ1v) is 13.5. The van der Waals surface area contributed by atoms with Crippen LogP contribution in [0.15, 0.2) is 35.9 Å². The molecule has 12 heteroatoms. The summed E-state index contributed by atoms with van der Waals surface area (Å²) >= 11 is -0.199. The topological polar surface area (TPSA) is 79.5 Å². The van der Waals surface area contributed by atoms with Crippen molar-refractivity contribution in [3.05, 3.63) is 42.0 Å². The molecular weight excluding hydrogens is 515 g/mol. The van der Waals surface area contributed by atoms with Crippen molar-refractivity contribution >= 4 is 29.0 Å². The summed E-state index contributed by atoms with van der Waals surface area (Å²) in [6, 6.07) is 2.01. The lowest BCUT2D eigenvalue weighted by Gasteiger charge is -2.30. The molecule has 8 nitrogen and oxygen atoms in total. The second kappa shape index (κ2) is 9.24. The summed E-state index contributed by atoms with van der Waals surface area (Å²) in [4.78, 5) is 19.2. The number of fused-ring (bicyclic) bond motifs is 2. The molecule has 2 aliphatic carbocycles. The van der Waals surface area contributed by atoms with Crippen LogP contribution in [0.1, 0.15) is 48.1 Å². The van der Waals surface area contributed by atoms with Gasteiger partial charge in [-0.05, 0) is 44.2 Å². The Hall–Kier alpha value is -3.17. The maximum atomic E-state index is 13.5. The first-order chi connectivity index (χ1) is 18.1. The number of hydrogen-bond donors (Lipinski definition) is 2. The van der Waals surface area contributed by atoms with E-state index in [0.29, 0.717) is 34.8 Å². The van der Waals surface area contributed by atoms with Crippen LogP contribution in [-0.2, 0) is 0 Å². The van der Waals surface area contributed by atoms with E-state index in [-0.39, 0.29) is 40.3 Å². The Morgan fingerprint density at radius 2 is 2.16 bits per heavy atom. The van der Waals surface area contributed by atoms with Crippen LogP contribution in [-0.4, -0.2) is 67.7 Å². The van der Waals surface area contributed by atoms with Gasteiger partial charge < -0.3 is 19.9 Å². The highest BCUT2D eigenvalue weighted by molar-refractivity contribution is 8.00.